The van der Waals surface area contributed by atoms with Crippen LogP contribution in [0, 0.1) is 32.1 Å². The molecule has 1 heterocycles. The average Bonchev–Trinajstić information content (AvgIpc) is 2.85. The van der Waals surface area contributed by atoms with Gasteiger partial charge in [-0.3, -0.25) is 4.79 Å². The first-order chi connectivity index (χ1) is 17.7. The number of hydrogen-bond acceptors (Lipinski definition) is 6. The fraction of sp³-hybridized carbons (Fsp3) is 0.345. The molecule has 2 N–H and O–H groups in total. The Morgan fingerprint density at radius 2 is 1.84 bits per heavy atom. The Morgan fingerprint density at radius 3 is 2.43 bits per heavy atom. The van der Waals surface area contributed by atoms with Gasteiger partial charge in [-0.15, -0.1) is 0 Å². The van der Waals surface area contributed by atoms with Crippen LogP contribution in [0.3, 0.4) is 0 Å². The summed E-state index contributed by atoms with van der Waals surface area (Å²) in [6.45, 7) is 9.92. The van der Waals surface area contributed by atoms with Crippen LogP contribution in [-0.4, -0.2) is 24.2 Å². The van der Waals surface area contributed by atoms with Gasteiger partial charge in [0.25, 0.3) is 0 Å². The number of allylic oxidation sites excluding steroid dienone is 2. The van der Waals surface area contributed by atoms with E-state index in [1.54, 1.807) is 19.1 Å². The largest absolute Gasteiger partial charge is 0.463 e. The molecule has 2 aromatic rings. The minimum atomic E-state index is -0.701. The molecule has 1 amide bonds. The number of esters is 1. The van der Waals surface area contributed by atoms with Gasteiger partial charge in [-0.2, -0.15) is 5.26 Å². The van der Waals surface area contributed by atoms with Crippen molar-refractivity contribution in [1.82, 2.24) is 5.32 Å². The molecule has 0 radical (unpaired) electrons. The standard InChI is InChI=1S/C29H32ClN3O3S/c1-6-10-23-26(29(35)36-7-2)25(20-11-8-9-12-22(20)30)21(15-31)28(32-23)37-16-24(34)33-27-18(4)13-17(3)14-19(27)5/h8-9,11-14,25,32H,6-7,10,16H2,1-5H3,(H,33,34). The summed E-state index contributed by atoms with van der Waals surface area (Å²) in [7, 11) is 0. The van der Waals surface area contributed by atoms with E-state index >= 15 is 0 Å². The fourth-order valence-electron chi connectivity index (χ4n) is 4.56. The number of dihydropyridines is 1. The lowest BCUT2D eigenvalue weighted by Crippen LogP contribution is -2.30. The molecule has 0 spiro atoms. The van der Waals surface area contributed by atoms with Gasteiger partial charge in [0, 0.05) is 16.4 Å². The number of halogens is 1. The molecule has 194 valence electrons. The Bertz CT molecular complexity index is 1290. The van der Waals surface area contributed by atoms with Crippen molar-refractivity contribution in [2.75, 3.05) is 17.7 Å². The van der Waals surface area contributed by atoms with Crippen molar-refractivity contribution in [3.63, 3.8) is 0 Å². The van der Waals surface area contributed by atoms with Crippen molar-refractivity contribution in [3.8, 4) is 6.07 Å². The molecule has 1 aliphatic heterocycles. The summed E-state index contributed by atoms with van der Waals surface area (Å²) in [5.74, 6) is -1.28. The van der Waals surface area contributed by atoms with Gasteiger partial charge in [0.1, 0.15) is 0 Å². The molecule has 6 nitrogen and oxygen atoms in total. The second kappa shape index (κ2) is 12.8. The zero-order valence-electron chi connectivity index (χ0n) is 21.8. The highest BCUT2D eigenvalue weighted by atomic mass is 35.5. The van der Waals surface area contributed by atoms with Crippen LogP contribution in [0.5, 0.6) is 0 Å². The highest BCUT2D eigenvalue weighted by molar-refractivity contribution is 8.03. The van der Waals surface area contributed by atoms with E-state index in [0.717, 1.165) is 28.8 Å². The maximum Gasteiger partial charge on any atom is 0.336 e. The van der Waals surface area contributed by atoms with Crippen LogP contribution in [0.25, 0.3) is 0 Å². The quantitative estimate of drug-likeness (QED) is 0.347. The molecule has 37 heavy (non-hydrogen) atoms. The Kier molecular flexibility index (Phi) is 9.85. The highest BCUT2D eigenvalue weighted by Crippen LogP contribution is 2.44. The van der Waals surface area contributed by atoms with Crippen LogP contribution >= 0.6 is 23.4 Å². The summed E-state index contributed by atoms with van der Waals surface area (Å²) in [5.41, 5.74) is 5.96. The van der Waals surface area contributed by atoms with Crippen LogP contribution in [0.2, 0.25) is 5.02 Å². The molecule has 1 aliphatic rings. The van der Waals surface area contributed by atoms with Crippen molar-refractivity contribution in [1.29, 1.82) is 5.26 Å². The lowest BCUT2D eigenvalue weighted by molar-refractivity contribution is -0.138. The van der Waals surface area contributed by atoms with Crippen LogP contribution in [-0.2, 0) is 14.3 Å². The lowest BCUT2D eigenvalue weighted by Gasteiger charge is -2.31. The first kappa shape index (κ1) is 28.4. The van der Waals surface area contributed by atoms with E-state index < -0.39 is 11.9 Å². The third kappa shape index (κ3) is 6.57. The van der Waals surface area contributed by atoms with Crippen LogP contribution in [0.15, 0.2) is 58.3 Å². The van der Waals surface area contributed by atoms with E-state index in [2.05, 4.69) is 16.7 Å². The second-order valence-corrected chi connectivity index (χ2v) is 10.3. The predicted molar refractivity (Wildman–Crippen MR) is 150 cm³/mol. The number of aryl methyl sites for hydroxylation is 3. The molecule has 0 aliphatic carbocycles. The van der Waals surface area contributed by atoms with Crippen molar-refractivity contribution in [2.24, 2.45) is 0 Å². The maximum absolute atomic E-state index is 13.1. The van der Waals surface area contributed by atoms with Gasteiger partial charge in [0.15, 0.2) is 0 Å². The minimum Gasteiger partial charge on any atom is -0.463 e. The topological polar surface area (TPSA) is 91.2 Å². The third-order valence-electron chi connectivity index (χ3n) is 6.03. The van der Waals surface area contributed by atoms with Crippen molar-refractivity contribution in [2.45, 2.75) is 53.4 Å². The highest BCUT2D eigenvalue weighted by Gasteiger charge is 2.37. The van der Waals surface area contributed by atoms with Gasteiger partial charge in [-0.1, -0.05) is 72.6 Å². The van der Waals surface area contributed by atoms with Gasteiger partial charge in [0.05, 0.1) is 40.5 Å². The summed E-state index contributed by atoms with van der Waals surface area (Å²) in [6.07, 6.45) is 1.35. The first-order valence-corrected chi connectivity index (χ1v) is 13.6. The van der Waals surface area contributed by atoms with Gasteiger partial charge in [0.2, 0.25) is 5.91 Å². The Labute approximate surface area is 228 Å². The lowest BCUT2D eigenvalue weighted by atomic mass is 9.81. The van der Waals surface area contributed by atoms with Gasteiger partial charge in [-0.25, -0.2) is 4.79 Å². The molecular weight excluding hydrogens is 506 g/mol. The Balaban J connectivity index is 1.98. The number of ether oxygens (including phenoxy) is 1. The number of thioether (sulfide) groups is 1. The van der Waals surface area contributed by atoms with E-state index in [1.165, 1.54) is 11.8 Å². The number of nitrogens with zero attached hydrogens (tertiary/aromatic N) is 1. The summed E-state index contributed by atoms with van der Waals surface area (Å²) in [6, 6.07) is 13.5. The molecule has 3 rings (SSSR count). The monoisotopic (exact) mass is 537 g/mol. The maximum atomic E-state index is 13.1. The second-order valence-electron chi connectivity index (χ2n) is 8.91. The zero-order chi connectivity index (χ0) is 27.1. The smallest absolute Gasteiger partial charge is 0.336 e. The molecule has 0 fully saturated rings. The van der Waals surface area contributed by atoms with Crippen molar-refractivity contribution < 1.29 is 14.3 Å². The number of rotatable bonds is 9. The third-order valence-corrected chi connectivity index (χ3v) is 7.39. The summed E-state index contributed by atoms with van der Waals surface area (Å²) in [5, 5.41) is 17.5. The number of anilines is 1. The number of nitrogens with one attached hydrogen (secondary N) is 2. The molecule has 0 bridgehead atoms. The molecule has 1 unspecified atom stereocenters. The van der Waals surface area contributed by atoms with Crippen molar-refractivity contribution in [3.05, 3.63) is 85.5 Å². The molecule has 1 atom stereocenters. The number of carbonyl (C=O) groups is 2. The normalized spacial score (nSPS) is 15.2. The van der Waals surface area contributed by atoms with Crippen LogP contribution < -0.4 is 10.6 Å². The number of hydrogen-bond donors (Lipinski definition) is 2. The summed E-state index contributed by atoms with van der Waals surface area (Å²) < 4.78 is 5.39. The van der Waals surface area contributed by atoms with Gasteiger partial charge in [-0.05, 0) is 56.9 Å². The fourth-order valence-corrected chi connectivity index (χ4v) is 5.67. The van der Waals surface area contributed by atoms with Crippen LogP contribution in [0.4, 0.5) is 5.69 Å². The first-order valence-electron chi connectivity index (χ1n) is 12.3. The Hall–Kier alpha value is -3.21. The Morgan fingerprint density at radius 1 is 1.16 bits per heavy atom. The van der Waals surface area contributed by atoms with Crippen LogP contribution in [0.1, 0.15) is 54.9 Å². The minimum absolute atomic E-state index is 0.0870. The molecule has 0 saturated heterocycles. The molecule has 0 aromatic heterocycles. The summed E-state index contributed by atoms with van der Waals surface area (Å²) >= 11 is 7.80. The number of carbonyl (C=O) groups excluding carboxylic acids is 2. The van der Waals surface area contributed by atoms with E-state index in [9.17, 15) is 14.9 Å². The predicted octanol–water partition coefficient (Wildman–Crippen LogP) is 6.68. The molecule has 8 heteroatoms. The van der Waals surface area contributed by atoms with E-state index in [4.69, 9.17) is 16.3 Å². The molecule has 2 aromatic carbocycles. The number of amides is 1. The SMILES string of the molecule is CCCC1=C(C(=O)OCC)C(c2ccccc2Cl)C(C#N)=C(SCC(=O)Nc2c(C)cc(C)cc2C)N1. The molecule has 0 saturated carbocycles. The number of benzene rings is 2. The van der Waals surface area contributed by atoms with Crippen molar-refractivity contribution >= 4 is 40.9 Å². The van der Waals surface area contributed by atoms with Gasteiger partial charge >= 0.3 is 5.97 Å². The van der Waals surface area contributed by atoms with E-state index in [1.807, 2.05) is 52.0 Å². The van der Waals surface area contributed by atoms with Gasteiger partial charge < -0.3 is 15.4 Å². The van der Waals surface area contributed by atoms with E-state index in [0.29, 0.717) is 38.9 Å². The number of nitriles is 1. The molecular formula is C29H32ClN3O3S. The zero-order valence-corrected chi connectivity index (χ0v) is 23.4. The average molecular weight is 538 g/mol. The van der Waals surface area contributed by atoms with E-state index in [-0.39, 0.29) is 18.3 Å². The summed E-state index contributed by atoms with van der Waals surface area (Å²) in [4.78, 5) is 26.1.